The van der Waals surface area contributed by atoms with E-state index >= 15 is 0 Å². The molecule has 1 saturated heterocycles. The first kappa shape index (κ1) is 11.5. The van der Waals surface area contributed by atoms with E-state index in [4.69, 9.17) is 5.73 Å². The van der Waals surface area contributed by atoms with Gasteiger partial charge >= 0.3 is 0 Å². The lowest BCUT2D eigenvalue weighted by Crippen LogP contribution is -2.24. The SMILES string of the molecule is CC1CC(=O)N(Cc2ccc(Br)cc2N)C1. The molecule has 0 aliphatic carbocycles. The Hall–Kier alpha value is -1.03. The number of hydrogen-bond donors (Lipinski definition) is 1. The minimum atomic E-state index is 0.231. The highest BCUT2D eigenvalue weighted by Crippen LogP contribution is 2.23. The fraction of sp³-hybridized carbons (Fsp3) is 0.417. The van der Waals surface area contributed by atoms with Crippen LogP contribution in [0, 0.1) is 5.92 Å². The minimum absolute atomic E-state index is 0.231. The van der Waals surface area contributed by atoms with Gasteiger partial charge in [-0.1, -0.05) is 28.9 Å². The van der Waals surface area contributed by atoms with Gasteiger partial charge in [0.25, 0.3) is 0 Å². The van der Waals surface area contributed by atoms with Gasteiger partial charge in [0.1, 0.15) is 0 Å². The van der Waals surface area contributed by atoms with E-state index < -0.39 is 0 Å². The summed E-state index contributed by atoms with van der Waals surface area (Å²) in [5, 5.41) is 0. The van der Waals surface area contributed by atoms with Crippen LogP contribution in [0.4, 0.5) is 5.69 Å². The molecule has 86 valence electrons. The summed E-state index contributed by atoms with van der Waals surface area (Å²) < 4.78 is 0.967. The summed E-state index contributed by atoms with van der Waals surface area (Å²) in [6.45, 7) is 3.57. The highest BCUT2D eigenvalue weighted by atomic mass is 79.9. The molecule has 1 aromatic carbocycles. The minimum Gasteiger partial charge on any atom is -0.398 e. The maximum atomic E-state index is 11.6. The molecular formula is C12H15BrN2O. The normalized spacial score (nSPS) is 20.5. The van der Waals surface area contributed by atoms with Gasteiger partial charge < -0.3 is 10.6 Å². The molecule has 1 heterocycles. The third-order valence-corrected chi connectivity index (χ3v) is 3.37. The Bertz CT molecular complexity index is 419. The number of halogens is 1. The van der Waals surface area contributed by atoms with E-state index in [-0.39, 0.29) is 5.91 Å². The van der Waals surface area contributed by atoms with Gasteiger partial charge in [-0.05, 0) is 23.6 Å². The number of nitrogens with two attached hydrogens (primary N) is 1. The molecule has 2 N–H and O–H groups in total. The molecule has 4 heteroatoms. The van der Waals surface area contributed by atoms with Crippen LogP contribution in [0.3, 0.4) is 0 Å². The fourth-order valence-corrected chi connectivity index (χ4v) is 2.42. The molecular weight excluding hydrogens is 268 g/mol. The Morgan fingerprint density at radius 2 is 2.31 bits per heavy atom. The third kappa shape index (κ3) is 2.38. The van der Waals surface area contributed by atoms with Crippen molar-refractivity contribution in [3.8, 4) is 0 Å². The van der Waals surface area contributed by atoms with Crippen LogP contribution >= 0.6 is 15.9 Å². The molecule has 2 rings (SSSR count). The fourth-order valence-electron chi connectivity index (χ4n) is 2.04. The Balaban J connectivity index is 2.12. The number of carbonyl (C=O) groups excluding carboxylic acids is 1. The van der Waals surface area contributed by atoms with Crippen LogP contribution < -0.4 is 5.73 Å². The van der Waals surface area contributed by atoms with Gasteiger partial charge in [-0.15, -0.1) is 0 Å². The highest BCUT2D eigenvalue weighted by molar-refractivity contribution is 9.10. The van der Waals surface area contributed by atoms with Gasteiger partial charge in [0.2, 0.25) is 5.91 Å². The zero-order chi connectivity index (χ0) is 11.7. The maximum Gasteiger partial charge on any atom is 0.223 e. The highest BCUT2D eigenvalue weighted by Gasteiger charge is 2.26. The molecule has 1 fully saturated rings. The van der Waals surface area contributed by atoms with Crippen LogP contribution in [0.25, 0.3) is 0 Å². The molecule has 1 amide bonds. The van der Waals surface area contributed by atoms with Gasteiger partial charge in [-0.3, -0.25) is 4.79 Å². The number of nitrogen functional groups attached to an aromatic ring is 1. The van der Waals surface area contributed by atoms with Crippen molar-refractivity contribution in [3.63, 3.8) is 0 Å². The zero-order valence-electron chi connectivity index (χ0n) is 9.24. The van der Waals surface area contributed by atoms with E-state index in [1.807, 2.05) is 23.1 Å². The number of benzene rings is 1. The van der Waals surface area contributed by atoms with Crippen molar-refractivity contribution in [2.75, 3.05) is 12.3 Å². The number of amides is 1. The molecule has 0 spiro atoms. The molecule has 0 radical (unpaired) electrons. The number of carbonyl (C=O) groups is 1. The van der Waals surface area contributed by atoms with Crippen molar-refractivity contribution < 1.29 is 4.79 Å². The number of rotatable bonds is 2. The first-order valence-electron chi connectivity index (χ1n) is 5.38. The molecule has 1 aromatic rings. The Kier molecular flexibility index (Phi) is 3.19. The standard InChI is InChI=1S/C12H15BrN2O/c1-8-4-12(16)15(6-8)7-9-2-3-10(13)5-11(9)14/h2-3,5,8H,4,6-7,14H2,1H3. The number of hydrogen-bond acceptors (Lipinski definition) is 2. The van der Waals surface area contributed by atoms with Crippen molar-refractivity contribution in [3.05, 3.63) is 28.2 Å². The summed E-state index contributed by atoms with van der Waals surface area (Å²) in [5.74, 6) is 0.694. The van der Waals surface area contributed by atoms with Crippen LogP contribution in [0.15, 0.2) is 22.7 Å². The molecule has 1 aliphatic heterocycles. The van der Waals surface area contributed by atoms with Crippen molar-refractivity contribution in [1.82, 2.24) is 4.90 Å². The third-order valence-electron chi connectivity index (χ3n) is 2.88. The topological polar surface area (TPSA) is 46.3 Å². The van der Waals surface area contributed by atoms with Crippen LogP contribution in [-0.2, 0) is 11.3 Å². The van der Waals surface area contributed by atoms with Gasteiger partial charge in [0, 0.05) is 29.7 Å². The largest absolute Gasteiger partial charge is 0.398 e. The van der Waals surface area contributed by atoms with E-state index in [0.717, 1.165) is 22.3 Å². The molecule has 16 heavy (non-hydrogen) atoms. The molecule has 1 unspecified atom stereocenters. The number of anilines is 1. The van der Waals surface area contributed by atoms with Gasteiger partial charge in [-0.2, -0.15) is 0 Å². The smallest absolute Gasteiger partial charge is 0.223 e. The Morgan fingerprint density at radius 1 is 1.56 bits per heavy atom. The molecule has 1 aliphatic rings. The average molecular weight is 283 g/mol. The van der Waals surface area contributed by atoms with Gasteiger partial charge in [0.15, 0.2) is 0 Å². The molecule has 1 atom stereocenters. The van der Waals surface area contributed by atoms with E-state index in [1.54, 1.807) is 0 Å². The first-order valence-corrected chi connectivity index (χ1v) is 6.17. The monoisotopic (exact) mass is 282 g/mol. The summed E-state index contributed by atoms with van der Waals surface area (Å²) in [6.07, 6.45) is 0.663. The van der Waals surface area contributed by atoms with E-state index in [9.17, 15) is 4.79 Å². The second-order valence-electron chi connectivity index (χ2n) is 4.43. The summed E-state index contributed by atoms with van der Waals surface area (Å²) in [5.41, 5.74) is 7.67. The van der Waals surface area contributed by atoms with Crippen molar-refractivity contribution >= 4 is 27.5 Å². The summed E-state index contributed by atoms with van der Waals surface area (Å²) in [4.78, 5) is 13.5. The molecule has 0 aromatic heterocycles. The maximum absolute atomic E-state index is 11.6. The summed E-state index contributed by atoms with van der Waals surface area (Å²) in [7, 11) is 0. The van der Waals surface area contributed by atoms with Gasteiger partial charge in [-0.25, -0.2) is 0 Å². The van der Waals surface area contributed by atoms with Gasteiger partial charge in [0.05, 0.1) is 0 Å². The predicted molar refractivity (Wildman–Crippen MR) is 67.8 cm³/mol. The van der Waals surface area contributed by atoms with E-state index in [2.05, 4.69) is 22.9 Å². The van der Waals surface area contributed by atoms with E-state index in [0.29, 0.717) is 18.9 Å². The number of nitrogens with zero attached hydrogens (tertiary/aromatic N) is 1. The second-order valence-corrected chi connectivity index (χ2v) is 5.34. The molecule has 0 saturated carbocycles. The number of likely N-dealkylation sites (tertiary alicyclic amines) is 1. The lowest BCUT2D eigenvalue weighted by atomic mass is 10.1. The van der Waals surface area contributed by atoms with Crippen LogP contribution in [-0.4, -0.2) is 17.4 Å². The van der Waals surface area contributed by atoms with Crippen LogP contribution in [0.1, 0.15) is 18.9 Å². The van der Waals surface area contributed by atoms with Crippen molar-refractivity contribution in [2.24, 2.45) is 5.92 Å². The summed E-state index contributed by atoms with van der Waals surface area (Å²) in [6, 6.07) is 5.80. The molecule has 3 nitrogen and oxygen atoms in total. The van der Waals surface area contributed by atoms with E-state index in [1.165, 1.54) is 0 Å². The summed E-state index contributed by atoms with van der Waals surface area (Å²) >= 11 is 3.37. The Morgan fingerprint density at radius 3 is 2.88 bits per heavy atom. The van der Waals surface area contributed by atoms with Crippen LogP contribution in [0.2, 0.25) is 0 Å². The zero-order valence-corrected chi connectivity index (χ0v) is 10.8. The van der Waals surface area contributed by atoms with Crippen molar-refractivity contribution in [1.29, 1.82) is 0 Å². The predicted octanol–water partition coefficient (Wildman–Crippen LogP) is 2.40. The van der Waals surface area contributed by atoms with Crippen molar-refractivity contribution in [2.45, 2.75) is 19.9 Å². The van der Waals surface area contributed by atoms with Crippen LogP contribution in [0.5, 0.6) is 0 Å². The Labute approximate surface area is 104 Å². The average Bonchev–Trinajstić information content (AvgIpc) is 2.50. The molecule has 0 bridgehead atoms. The lowest BCUT2D eigenvalue weighted by Gasteiger charge is -2.17. The second kappa shape index (κ2) is 4.45. The quantitative estimate of drug-likeness (QED) is 0.847. The lowest BCUT2D eigenvalue weighted by molar-refractivity contribution is -0.128. The first-order chi connectivity index (χ1) is 7.56.